The SMILES string of the molecule is NCCCC[C@H](NC(=O)N[C@@H](CCC(=O)O)C(=O)O)C(=O)O.O=C(O)CC[C@H](NC(=O)N[C@@H](CCC(=O)O)C(=O)O)C(=O)O. The minimum absolute atomic E-state index is 0.160. The van der Waals surface area contributed by atoms with Gasteiger partial charge in [-0.15, -0.1) is 0 Å². The third-order valence-corrected chi connectivity index (χ3v) is 5.30. The van der Waals surface area contributed by atoms with Crippen LogP contribution >= 0.6 is 0 Å². The van der Waals surface area contributed by atoms with Gasteiger partial charge in [0.25, 0.3) is 0 Å². The maximum absolute atomic E-state index is 11.6. The summed E-state index contributed by atoms with van der Waals surface area (Å²) in [6.45, 7) is 0.398. The van der Waals surface area contributed by atoms with E-state index in [2.05, 4.69) is 5.32 Å². The van der Waals surface area contributed by atoms with Gasteiger partial charge in [0.15, 0.2) is 0 Å². The van der Waals surface area contributed by atoms with Gasteiger partial charge < -0.3 is 62.7 Å². The van der Waals surface area contributed by atoms with Gasteiger partial charge in [-0.25, -0.2) is 28.8 Å². The fourth-order valence-electron chi connectivity index (χ4n) is 3.04. The van der Waals surface area contributed by atoms with E-state index >= 15 is 0 Å². The summed E-state index contributed by atoms with van der Waals surface area (Å²) in [5.74, 6) is -9.30. The molecule has 44 heavy (non-hydrogen) atoms. The zero-order valence-electron chi connectivity index (χ0n) is 23.3. The maximum Gasteiger partial charge on any atom is 0.326 e. The molecule has 0 saturated carbocycles. The molecule has 0 radical (unpaired) electrons. The van der Waals surface area contributed by atoms with E-state index < -0.39 is 97.3 Å². The molecule has 0 fully saturated rings. The zero-order chi connectivity index (χ0) is 34.4. The number of hydrogen-bond acceptors (Lipinski definition) is 10. The molecule has 0 aromatic carbocycles. The number of carbonyl (C=O) groups is 9. The Labute approximate surface area is 248 Å². The lowest BCUT2D eigenvalue weighted by atomic mass is 10.1. The number of aliphatic carboxylic acids is 7. The van der Waals surface area contributed by atoms with E-state index in [0.717, 1.165) is 0 Å². The first kappa shape index (κ1) is 40.9. The minimum Gasteiger partial charge on any atom is -0.481 e. The van der Waals surface area contributed by atoms with Crippen LogP contribution in [0.3, 0.4) is 0 Å². The predicted molar refractivity (Wildman–Crippen MR) is 143 cm³/mol. The molecule has 0 rings (SSSR count). The second kappa shape index (κ2) is 22.4. The quantitative estimate of drug-likeness (QED) is 0.0610. The Morgan fingerprint density at radius 3 is 0.886 bits per heavy atom. The van der Waals surface area contributed by atoms with Crippen LogP contribution in [0.5, 0.6) is 0 Å². The zero-order valence-corrected chi connectivity index (χ0v) is 23.3. The Kier molecular flexibility index (Phi) is 20.8. The van der Waals surface area contributed by atoms with Crippen LogP contribution in [0, 0.1) is 0 Å². The van der Waals surface area contributed by atoms with Crippen LogP contribution in [0.15, 0.2) is 0 Å². The molecule has 13 N–H and O–H groups in total. The first-order valence-corrected chi connectivity index (χ1v) is 12.8. The topological polar surface area (TPSA) is 369 Å². The van der Waals surface area contributed by atoms with Crippen LogP contribution in [0.4, 0.5) is 9.59 Å². The second-order valence-corrected chi connectivity index (χ2v) is 8.88. The van der Waals surface area contributed by atoms with Gasteiger partial charge in [-0.05, 0) is 45.1 Å². The van der Waals surface area contributed by atoms with Crippen molar-refractivity contribution < 1.29 is 78.9 Å². The fourth-order valence-corrected chi connectivity index (χ4v) is 3.04. The molecule has 250 valence electrons. The molecule has 0 spiro atoms. The Bertz CT molecular complexity index is 996. The molecule has 0 aliphatic rings. The minimum atomic E-state index is -1.51. The molecule has 0 saturated heterocycles. The van der Waals surface area contributed by atoms with Crippen LogP contribution in [0.25, 0.3) is 0 Å². The average Bonchev–Trinajstić information content (AvgIpc) is 2.90. The van der Waals surface area contributed by atoms with Crippen molar-refractivity contribution in [2.45, 2.75) is 82.0 Å². The number of carboxylic acids is 7. The molecule has 0 aromatic rings. The lowest BCUT2D eigenvalue weighted by Crippen LogP contribution is -2.51. The molecular formula is C23H37N5O16. The number of nitrogens with two attached hydrogens (primary N) is 1. The van der Waals surface area contributed by atoms with Crippen molar-refractivity contribution in [2.75, 3.05) is 6.54 Å². The Balaban J connectivity index is 0. The van der Waals surface area contributed by atoms with Crippen molar-refractivity contribution in [2.24, 2.45) is 5.73 Å². The monoisotopic (exact) mass is 639 g/mol. The molecule has 0 aliphatic heterocycles. The molecule has 21 nitrogen and oxygen atoms in total. The molecule has 0 heterocycles. The van der Waals surface area contributed by atoms with Crippen LogP contribution in [-0.2, 0) is 33.6 Å². The molecule has 4 amide bonds. The van der Waals surface area contributed by atoms with Crippen molar-refractivity contribution in [1.29, 1.82) is 0 Å². The summed E-state index contributed by atoms with van der Waals surface area (Å²) in [5.41, 5.74) is 5.29. The van der Waals surface area contributed by atoms with Crippen molar-refractivity contribution >= 4 is 53.8 Å². The number of amides is 4. The normalized spacial score (nSPS) is 12.8. The number of urea groups is 2. The largest absolute Gasteiger partial charge is 0.481 e. The predicted octanol–water partition coefficient (Wildman–Crippen LogP) is -1.89. The van der Waals surface area contributed by atoms with E-state index in [4.69, 9.17) is 41.5 Å². The number of rotatable bonds is 21. The van der Waals surface area contributed by atoms with E-state index in [1.165, 1.54) is 0 Å². The summed E-state index contributed by atoms with van der Waals surface area (Å²) in [6, 6.07) is -7.71. The molecule has 21 heteroatoms. The highest BCUT2D eigenvalue weighted by molar-refractivity contribution is 5.87. The first-order valence-electron chi connectivity index (χ1n) is 12.8. The summed E-state index contributed by atoms with van der Waals surface area (Å²) in [4.78, 5) is 97.9. The standard InChI is InChI=1S/C12H21N3O7.C11H16N2O9/c13-6-2-1-3-7(10(18)19)14-12(22)15-8(11(20)21)4-5-9(16)17;14-7(15)3-1-5(9(18)19)12-11(22)13-6(10(20)21)2-4-8(16)17/h7-8H,1-6,13H2,(H,16,17)(H,18,19)(H,20,21)(H2,14,15,22);5-6H,1-4H2,(H,14,15)(H,16,17)(H,18,19)(H,20,21)(H2,12,13,22)/t7-,8-;5-,6-/m00/s1. The number of unbranched alkanes of at least 4 members (excludes halogenated alkanes) is 1. The number of hydrogen-bond donors (Lipinski definition) is 12. The molecule has 0 unspecified atom stereocenters. The third-order valence-electron chi connectivity index (χ3n) is 5.30. The van der Waals surface area contributed by atoms with E-state index in [-0.39, 0.29) is 25.7 Å². The lowest BCUT2D eigenvalue weighted by molar-refractivity contribution is -0.142. The van der Waals surface area contributed by atoms with E-state index in [0.29, 0.717) is 19.4 Å². The van der Waals surface area contributed by atoms with Gasteiger partial charge in [-0.3, -0.25) is 14.4 Å². The number of carboxylic acid groups (broad SMARTS) is 7. The van der Waals surface area contributed by atoms with Crippen molar-refractivity contribution in [3.05, 3.63) is 0 Å². The van der Waals surface area contributed by atoms with Gasteiger partial charge in [0.1, 0.15) is 24.2 Å². The molecule has 4 atom stereocenters. The molecule has 0 bridgehead atoms. The van der Waals surface area contributed by atoms with Crippen molar-refractivity contribution in [3.8, 4) is 0 Å². The Hall–Kier alpha value is -5.21. The van der Waals surface area contributed by atoms with E-state index in [9.17, 15) is 43.2 Å². The van der Waals surface area contributed by atoms with Crippen molar-refractivity contribution in [1.82, 2.24) is 21.3 Å². The smallest absolute Gasteiger partial charge is 0.326 e. The van der Waals surface area contributed by atoms with Crippen LogP contribution < -0.4 is 27.0 Å². The summed E-state index contributed by atoms with van der Waals surface area (Å²) in [5, 5.41) is 69.0. The first-order chi connectivity index (χ1) is 20.4. The Morgan fingerprint density at radius 1 is 0.432 bits per heavy atom. The van der Waals surface area contributed by atoms with Gasteiger partial charge in [0, 0.05) is 19.3 Å². The second-order valence-electron chi connectivity index (χ2n) is 8.88. The Morgan fingerprint density at radius 2 is 0.682 bits per heavy atom. The van der Waals surface area contributed by atoms with E-state index in [1.807, 2.05) is 16.0 Å². The maximum atomic E-state index is 11.6. The average molecular weight is 640 g/mol. The van der Waals surface area contributed by atoms with Gasteiger partial charge in [0.2, 0.25) is 0 Å². The van der Waals surface area contributed by atoms with Crippen LogP contribution in [0.2, 0.25) is 0 Å². The lowest BCUT2D eigenvalue weighted by Gasteiger charge is -2.18. The van der Waals surface area contributed by atoms with Gasteiger partial charge >= 0.3 is 53.8 Å². The van der Waals surface area contributed by atoms with Gasteiger partial charge in [-0.2, -0.15) is 0 Å². The highest BCUT2D eigenvalue weighted by Gasteiger charge is 2.26. The van der Waals surface area contributed by atoms with Gasteiger partial charge in [0.05, 0.1) is 0 Å². The molecule has 0 aromatic heterocycles. The highest BCUT2D eigenvalue weighted by Crippen LogP contribution is 2.03. The highest BCUT2D eigenvalue weighted by atomic mass is 16.4. The molecular weight excluding hydrogens is 602 g/mol. The summed E-state index contributed by atoms with van der Waals surface area (Å²) < 4.78 is 0. The third kappa shape index (κ3) is 21.5. The summed E-state index contributed by atoms with van der Waals surface area (Å²) in [6.07, 6.45) is -1.25. The van der Waals surface area contributed by atoms with Crippen LogP contribution in [-0.4, -0.2) is 120 Å². The summed E-state index contributed by atoms with van der Waals surface area (Å²) >= 11 is 0. The number of carbonyl (C=O) groups excluding carboxylic acids is 2. The van der Waals surface area contributed by atoms with Crippen LogP contribution in [0.1, 0.15) is 57.8 Å². The summed E-state index contributed by atoms with van der Waals surface area (Å²) in [7, 11) is 0. The molecule has 0 aliphatic carbocycles. The van der Waals surface area contributed by atoms with Gasteiger partial charge in [-0.1, -0.05) is 0 Å². The fraction of sp³-hybridized carbons (Fsp3) is 0.609. The van der Waals surface area contributed by atoms with Crippen molar-refractivity contribution in [3.63, 3.8) is 0 Å². The number of nitrogens with one attached hydrogen (secondary N) is 4. The van der Waals surface area contributed by atoms with E-state index in [1.54, 1.807) is 0 Å².